The van der Waals surface area contributed by atoms with Crippen LogP contribution < -0.4 is 10.1 Å². The second-order valence-corrected chi connectivity index (χ2v) is 7.99. The van der Waals surface area contributed by atoms with E-state index in [-0.39, 0.29) is 29.5 Å². The molecule has 2 bridgehead atoms. The fraction of sp³-hybridized carbons (Fsp3) is 0.429. The lowest BCUT2D eigenvalue weighted by Gasteiger charge is -2.42. The molecule has 4 heterocycles. The first-order valence-electron chi connectivity index (χ1n) is 10.2. The molecule has 9 heteroatoms. The van der Waals surface area contributed by atoms with Crippen LogP contribution in [0.2, 0.25) is 0 Å². The van der Waals surface area contributed by atoms with Crippen molar-refractivity contribution < 1.29 is 14.2 Å². The first-order valence-corrected chi connectivity index (χ1v) is 10.2. The number of rotatable bonds is 4. The van der Waals surface area contributed by atoms with Crippen molar-refractivity contribution in [1.29, 1.82) is 0 Å². The van der Waals surface area contributed by atoms with Gasteiger partial charge in [0.2, 0.25) is 0 Å². The Morgan fingerprint density at radius 1 is 1.20 bits per heavy atom. The molecule has 2 aromatic heterocycles. The van der Waals surface area contributed by atoms with Crippen LogP contribution in [0.1, 0.15) is 25.7 Å². The smallest absolute Gasteiger partial charge is 0.252 e. The fourth-order valence-corrected chi connectivity index (χ4v) is 4.34. The van der Waals surface area contributed by atoms with Crippen LogP contribution in [-0.2, 0) is 7.05 Å². The molecular formula is C21H23FN6O2. The number of aromatic nitrogens is 5. The lowest BCUT2D eigenvalue weighted by molar-refractivity contribution is 0.00628. The highest BCUT2D eigenvalue weighted by atomic mass is 19.1. The summed E-state index contributed by atoms with van der Waals surface area (Å²) >= 11 is 0. The molecule has 3 aromatic rings. The summed E-state index contributed by atoms with van der Waals surface area (Å²) in [6.45, 7) is 0. The van der Waals surface area contributed by atoms with Crippen molar-refractivity contribution >= 4 is 0 Å². The number of phenolic OH excluding ortho intramolecular Hbond substituents is 1. The van der Waals surface area contributed by atoms with Crippen LogP contribution >= 0.6 is 0 Å². The highest BCUT2D eigenvalue weighted by Crippen LogP contribution is 2.32. The quantitative estimate of drug-likeness (QED) is 0.682. The number of piperidine rings is 2. The Kier molecular flexibility index (Phi) is 4.82. The number of halogens is 1. The van der Waals surface area contributed by atoms with Crippen LogP contribution in [0.15, 0.2) is 36.8 Å². The molecule has 2 N–H and O–H groups in total. The van der Waals surface area contributed by atoms with E-state index in [1.807, 2.05) is 19.3 Å². The lowest BCUT2D eigenvalue weighted by atomic mass is 9.84. The number of nitrogens with one attached hydrogen (secondary N) is 1. The van der Waals surface area contributed by atoms with Crippen molar-refractivity contribution in [3.05, 3.63) is 36.8 Å². The summed E-state index contributed by atoms with van der Waals surface area (Å²) in [6, 6.07) is 5.37. The number of hydrogen-bond donors (Lipinski definition) is 2. The number of phenols is 1. The number of benzene rings is 1. The van der Waals surface area contributed by atoms with Crippen molar-refractivity contribution in [3.63, 3.8) is 0 Å². The van der Waals surface area contributed by atoms with E-state index in [4.69, 9.17) is 4.74 Å². The van der Waals surface area contributed by atoms with Gasteiger partial charge in [-0.3, -0.25) is 4.68 Å². The molecule has 0 aliphatic carbocycles. The molecule has 0 saturated carbocycles. The van der Waals surface area contributed by atoms with Crippen LogP contribution in [0.4, 0.5) is 4.39 Å². The lowest BCUT2D eigenvalue weighted by Crippen LogP contribution is -2.59. The number of ether oxygens (including phenoxy) is 1. The Labute approximate surface area is 173 Å². The molecule has 5 rings (SSSR count). The SMILES string of the molecule is Cn1cc(-c2ccc(-c3ncc(O[C@H]4C[C@H]5CCC[C@H](N5)[C@H]4F)nn3)c(O)c2)cn1. The zero-order valence-electron chi connectivity index (χ0n) is 16.6. The van der Waals surface area contributed by atoms with Crippen LogP contribution in [0, 0.1) is 0 Å². The molecule has 30 heavy (non-hydrogen) atoms. The Hall–Kier alpha value is -3.07. The number of fused-ring (bicyclic) bond motifs is 2. The summed E-state index contributed by atoms with van der Waals surface area (Å²) in [4.78, 5) is 4.27. The maximum Gasteiger partial charge on any atom is 0.252 e. The van der Waals surface area contributed by atoms with Gasteiger partial charge < -0.3 is 15.2 Å². The highest BCUT2D eigenvalue weighted by molar-refractivity contribution is 5.72. The van der Waals surface area contributed by atoms with Gasteiger partial charge in [-0.1, -0.05) is 12.5 Å². The van der Waals surface area contributed by atoms with Crippen LogP contribution in [0.25, 0.3) is 22.5 Å². The highest BCUT2D eigenvalue weighted by Gasteiger charge is 2.41. The fourth-order valence-electron chi connectivity index (χ4n) is 4.34. The van der Waals surface area contributed by atoms with E-state index in [9.17, 15) is 9.50 Å². The van der Waals surface area contributed by atoms with Gasteiger partial charge in [-0.15, -0.1) is 10.2 Å². The Balaban J connectivity index is 1.31. The van der Waals surface area contributed by atoms with Gasteiger partial charge in [0.25, 0.3) is 5.88 Å². The molecule has 8 nitrogen and oxygen atoms in total. The number of alkyl halides is 1. The minimum absolute atomic E-state index is 0.0434. The average molecular weight is 410 g/mol. The average Bonchev–Trinajstić information content (AvgIpc) is 3.19. The molecule has 2 aliphatic heterocycles. The predicted molar refractivity (Wildman–Crippen MR) is 108 cm³/mol. The minimum Gasteiger partial charge on any atom is -0.507 e. The first kappa shape index (κ1) is 18.9. The van der Waals surface area contributed by atoms with Crippen LogP contribution in [0.5, 0.6) is 11.6 Å². The summed E-state index contributed by atoms with van der Waals surface area (Å²) < 4.78 is 22.2. The van der Waals surface area contributed by atoms with E-state index in [2.05, 4.69) is 25.6 Å². The largest absolute Gasteiger partial charge is 0.507 e. The molecule has 0 radical (unpaired) electrons. The second-order valence-electron chi connectivity index (χ2n) is 7.99. The zero-order chi connectivity index (χ0) is 20.7. The molecule has 2 fully saturated rings. The monoisotopic (exact) mass is 410 g/mol. The molecule has 156 valence electrons. The van der Waals surface area contributed by atoms with Gasteiger partial charge in [0.1, 0.15) is 11.9 Å². The van der Waals surface area contributed by atoms with Gasteiger partial charge in [-0.05, 0) is 30.5 Å². The molecular weight excluding hydrogens is 387 g/mol. The van der Waals surface area contributed by atoms with Crippen molar-refractivity contribution in [2.24, 2.45) is 7.05 Å². The normalized spacial score (nSPS) is 25.8. The summed E-state index contributed by atoms with van der Waals surface area (Å²) in [5.74, 6) is 0.510. The minimum atomic E-state index is -1.08. The van der Waals surface area contributed by atoms with Gasteiger partial charge in [0, 0.05) is 37.3 Å². The van der Waals surface area contributed by atoms with Gasteiger partial charge in [-0.2, -0.15) is 5.10 Å². The second kappa shape index (κ2) is 7.64. The van der Waals surface area contributed by atoms with E-state index < -0.39 is 12.3 Å². The Morgan fingerprint density at radius 3 is 2.83 bits per heavy atom. The third-order valence-corrected chi connectivity index (χ3v) is 5.86. The molecule has 1 aromatic carbocycles. The van der Waals surface area contributed by atoms with Gasteiger partial charge >= 0.3 is 0 Å². The summed E-state index contributed by atoms with van der Waals surface area (Å²) in [5, 5.41) is 26.1. The predicted octanol–water partition coefficient (Wildman–Crippen LogP) is 2.64. The number of aryl methyl sites for hydroxylation is 1. The van der Waals surface area contributed by atoms with Gasteiger partial charge in [0.15, 0.2) is 12.0 Å². The summed E-state index contributed by atoms with van der Waals surface area (Å²) in [7, 11) is 1.84. The van der Waals surface area contributed by atoms with E-state index in [0.717, 1.165) is 30.4 Å². The number of nitrogens with zero attached hydrogens (tertiary/aromatic N) is 5. The third kappa shape index (κ3) is 3.60. The van der Waals surface area contributed by atoms with E-state index in [1.54, 1.807) is 23.0 Å². The van der Waals surface area contributed by atoms with Crippen molar-refractivity contribution in [1.82, 2.24) is 30.3 Å². The van der Waals surface area contributed by atoms with E-state index >= 15 is 0 Å². The number of aromatic hydroxyl groups is 1. The van der Waals surface area contributed by atoms with Gasteiger partial charge in [-0.25, -0.2) is 9.37 Å². The summed E-state index contributed by atoms with van der Waals surface area (Å²) in [6.07, 6.45) is 6.93. The molecule has 2 saturated heterocycles. The third-order valence-electron chi connectivity index (χ3n) is 5.86. The number of hydrogen-bond acceptors (Lipinski definition) is 7. The Morgan fingerprint density at radius 2 is 2.10 bits per heavy atom. The maximum atomic E-state index is 14.7. The molecule has 2 aliphatic rings. The van der Waals surface area contributed by atoms with E-state index in [0.29, 0.717) is 12.0 Å². The summed E-state index contributed by atoms with van der Waals surface area (Å²) in [5.41, 5.74) is 2.19. The van der Waals surface area contributed by atoms with Crippen LogP contribution in [-0.4, -0.2) is 54.4 Å². The molecule has 4 atom stereocenters. The molecule has 0 unspecified atom stereocenters. The van der Waals surface area contributed by atoms with Crippen LogP contribution in [0.3, 0.4) is 0 Å². The standard InChI is InChI=1S/C21H23FN6O2/c1-28-11-13(9-24-28)12-5-6-15(17(29)7-12)21-23-10-19(26-27-21)30-18-8-14-3-2-4-16(25-14)20(18)22/h5-7,9-11,14,16,18,20,25,29H,2-4,8H2,1H3/t14-,16+,18+,20-/m1/s1. The van der Waals surface area contributed by atoms with Crippen molar-refractivity contribution in [2.75, 3.05) is 0 Å². The molecule has 0 amide bonds. The van der Waals surface area contributed by atoms with Gasteiger partial charge in [0.05, 0.1) is 18.0 Å². The maximum absolute atomic E-state index is 14.7. The van der Waals surface area contributed by atoms with E-state index in [1.165, 1.54) is 6.20 Å². The topological polar surface area (TPSA) is 98.0 Å². The Bertz CT molecular complexity index is 1040. The first-order chi connectivity index (χ1) is 14.6. The zero-order valence-corrected chi connectivity index (χ0v) is 16.6. The molecule has 0 spiro atoms. The van der Waals surface area contributed by atoms with Crippen molar-refractivity contribution in [3.8, 4) is 34.1 Å². The van der Waals surface area contributed by atoms with Crippen molar-refractivity contribution in [2.45, 2.75) is 50.0 Å².